The molecule has 0 radical (unpaired) electrons. The Kier molecular flexibility index (Phi) is 5.04. The Hall–Kier alpha value is -3.75. The van der Waals surface area contributed by atoms with Crippen LogP contribution in [0.4, 0.5) is 10.1 Å². The first-order chi connectivity index (χ1) is 16.6. The van der Waals surface area contributed by atoms with Crippen molar-refractivity contribution in [1.29, 1.82) is 0 Å². The molecule has 1 fully saturated rings. The molecule has 2 aliphatic rings. The number of hydrogen-bond donors (Lipinski definition) is 1. The first kappa shape index (κ1) is 20.8. The monoisotopic (exact) mass is 461 g/mol. The zero-order chi connectivity index (χ0) is 23.2. The number of halogens is 1. The summed E-state index contributed by atoms with van der Waals surface area (Å²) in [4.78, 5) is 18.8. The van der Waals surface area contributed by atoms with Crippen LogP contribution in [0, 0.1) is 17.7 Å². The molecule has 174 valence electrons. The van der Waals surface area contributed by atoms with Gasteiger partial charge in [-0.05, 0) is 25.8 Å². The summed E-state index contributed by atoms with van der Waals surface area (Å²) < 4.78 is 18.2. The predicted octanol–water partition coefficient (Wildman–Crippen LogP) is 1.76. The van der Waals surface area contributed by atoms with E-state index in [1.807, 2.05) is 17.7 Å². The van der Waals surface area contributed by atoms with Gasteiger partial charge in [0.2, 0.25) is 5.82 Å². The molecule has 0 spiro atoms. The van der Waals surface area contributed by atoms with Crippen molar-refractivity contribution in [2.75, 3.05) is 37.6 Å². The summed E-state index contributed by atoms with van der Waals surface area (Å²) >= 11 is 0. The number of anilines is 1. The van der Waals surface area contributed by atoms with Crippen molar-refractivity contribution >= 4 is 22.4 Å². The highest BCUT2D eigenvalue weighted by Crippen LogP contribution is 2.36. The van der Waals surface area contributed by atoms with Crippen LogP contribution >= 0.6 is 0 Å². The SMILES string of the molecule is CC#Cc1nc2c3cnn(CCN4CCN(c5cc6c(cc5F)ONC6C)CC4)c3ncn2n1. The van der Waals surface area contributed by atoms with Crippen molar-refractivity contribution in [3.8, 4) is 17.6 Å². The normalized spacial score (nSPS) is 18.2. The molecule has 10 nitrogen and oxygen atoms in total. The molecule has 11 heteroatoms. The van der Waals surface area contributed by atoms with Gasteiger partial charge in [-0.1, -0.05) is 5.92 Å². The molecule has 5 heterocycles. The third kappa shape index (κ3) is 3.52. The van der Waals surface area contributed by atoms with Crippen LogP contribution in [0.5, 0.6) is 5.75 Å². The fourth-order valence-electron chi connectivity index (χ4n) is 4.59. The number of piperazine rings is 1. The fraction of sp³-hybridized carbons (Fsp3) is 0.391. The van der Waals surface area contributed by atoms with E-state index in [0.717, 1.165) is 49.3 Å². The van der Waals surface area contributed by atoms with Gasteiger partial charge in [0.15, 0.2) is 17.0 Å². The maximum absolute atomic E-state index is 14.7. The second-order valence-electron chi connectivity index (χ2n) is 8.54. The molecule has 0 bridgehead atoms. The average molecular weight is 462 g/mol. The van der Waals surface area contributed by atoms with E-state index in [0.29, 0.717) is 29.5 Å². The molecule has 2 aliphatic heterocycles. The van der Waals surface area contributed by atoms with E-state index in [1.165, 1.54) is 6.07 Å². The van der Waals surface area contributed by atoms with E-state index in [2.05, 4.69) is 47.3 Å². The number of aromatic nitrogens is 6. The molecule has 0 saturated carbocycles. The van der Waals surface area contributed by atoms with Crippen LogP contribution in [0.15, 0.2) is 24.7 Å². The molecule has 3 aromatic heterocycles. The minimum absolute atomic E-state index is 0.0540. The maximum Gasteiger partial charge on any atom is 0.226 e. The molecular formula is C23H24FN9O. The van der Waals surface area contributed by atoms with Gasteiger partial charge in [0, 0.05) is 44.4 Å². The molecule has 34 heavy (non-hydrogen) atoms. The topological polar surface area (TPSA) is 88.6 Å². The first-order valence-electron chi connectivity index (χ1n) is 11.3. The average Bonchev–Trinajstić information content (AvgIpc) is 3.54. The summed E-state index contributed by atoms with van der Waals surface area (Å²) in [7, 11) is 0. The summed E-state index contributed by atoms with van der Waals surface area (Å²) in [6.45, 7) is 8.52. The van der Waals surface area contributed by atoms with E-state index in [1.54, 1.807) is 24.0 Å². The second kappa shape index (κ2) is 8.23. The Morgan fingerprint density at radius 1 is 1.18 bits per heavy atom. The van der Waals surface area contributed by atoms with Crippen LogP contribution in [-0.4, -0.2) is 67.0 Å². The van der Waals surface area contributed by atoms with Crippen molar-refractivity contribution in [2.24, 2.45) is 0 Å². The van der Waals surface area contributed by atoms with E-state index in [9.17, 15) is 4.39 Å². The molecule has 1 N–H and O–H groups in total. The predicted molar refractivity (Wildman–Crippen MR) is 124 cm³/mol. The zero-order valence-corrected chi connectivity index (χ0v) is 19.0. The number of nitrogens with one attached hydrogen (secondary N) is 1. The Labute approximate surface area is 195 Å². The molecule has 1 atom stereocenters. The van der Waals surface area contributed by atoms with Crippen molar-refractivity contribution in [3.05, 3.63) is 41.9 Å². The number of nitrogens with zero attached hydrogens (tertiary/aromatic N) is 8. The summed E-state index contributed by atoms with van der Waals surface area (Å²) in [5.74, 6) is 6.50. The first-order valence-corrected chi connectivity index (χ1v) is 11.3. The molecule has 1 unspecified atom stereocenters. The highest BCUT2D eigenvalue weighted by molar-refractivity contribution is 5.88. The summed E-state index contributed by atoms with van der Waals surface area (Å²) in [6, 6.07) is 3.45. The van der Waals surface area contributed by atoms with Gasteiger partial charge in [0.05, 0.1) is 29.9 Å². The smallest absolute Gasteiger partial charge is 0.226 e. The lowest BCUT2D eigenvalue weighted by Gasteiger charge is -2.36. The summed E-state index contributed by atoms with van der Waals surface area (Å²) in [5.41, 5.74) is 6.00. The van der Waals surface area contributed by atoms with Crippen LogP contribution in [-0.2, 0) is 6.54 Å². The largest absolute Gasteiger partial charge is 0.408 e. The van der Waals surface area contributed by atoms with Gasteiger partial charge < -0.3 is 9.74 Å². The lowest BCUT2D eigenvalue weighted by molar-refractivity contribution is 0.200. The van der Waals surface area contributed by atoms with Gasteiger partial charge in [-0.2, -0.15) is 10.1 Å². The van der Waals surface area contributed by atoms with E-state index < -0.39 is 0 Å². The molecule has 0 amide bonds. The third-order valence-electron chi connectivity index (χ3n) is 6.44. The highest BCUT2D eigenvalue weighted by atomic mass is 19.1. The fourth-order valence-corrected chi connectivity index (χ4v) is 4.59. The maximum atomic E-state index is 14.7. The zero-order valence-electron chi connectivity index (χ0n) is 19.0. The second-order valence-corrected chi connectivity index (χ2v) is 8.54. The quantitative estimate of drug-likeness (QED) is 0.460. The summed E-state index contributed by atoms with van der Waals surface area (Å²) in [5, 5.41) is 9.71. The van der Waals surface area contributed by atoms with E-state index >= 15 is 0 Å². The van der Waals surface area contributed by atoms with Gasteiger partial charge in [-0.25, -0.2) is 18.6 Å². The number of fused-ring (bicyclic) bond motifs is 4. The van der Waals surface area contributed by atoms with Gasteiger partial charge in [-0.15, -0.1) is 10.6 Å². The van der Waals surface area contributed by atoms with Crippen LogP contribution in [0.25, 0.3) is 16.7 Å². The molecule has 0 aliphatic carbocycles. The van der Waals surface area contributed by atoms with Crippen LogP contribution < -0.4 is 15.2 Å². The minimum atomic E-state index is -0.245. The van der Waals surface area contributed by atoms with Gasteiger partial charge in [-0.3, -0.25) is 4.90 Å². The van der Waals surface area contributed by atoms with Gasteiger partial charge in [0.1, 0.15) is 12.1 Å². The van der Waals surface area contributed by atoms with Gasteiger partial charge >= 0.3 is 0 Å². The lowest BCUT2D eigenvalue weighted by Crippen LogP contribution is -2.47. The lowest BCUT2D eigenvalue weighted by atomic mass is 10.1. The Morgan fingerprint density at radius 3 is 2.85 bits per heavy atom. The Balaban J connectivity index is 1.12. The molecular weight excluding hydrogens is 437 g/mol. The highest BCUT2D eigenvalue weighted by Gasteiger charge is 2.26. The van der Waals surface area contributed by atoms with Crippen molar-refractivity contribution < 1.29 is 9.23 Å². The molecule has 1 saturated heterocycles. The van der Waals surface area contributed by atoms with E-state index in [-0.39, 0.29) is 11.9 Å². The standard InChI is InChI=1S/C23H24FN9O/c1-3-4-21-27-23-17-13-26-32(22(17)25-14-33(23)28-21)10-7-30-5-8-31(9-6-30)19-11-16-15(2)29-34-20(16)12-18(19)24/h11-15,29H,5-10H2,1-2H3. The summed E-state index contributed by atoms with van der Waals surface area (Å²) in [6.07, 6.45) is 3.43. The Bertz CT molecular complexity index is 1440. The number of benzene rings is 1. The number of rotatable bonds is 4. The van der Waals surface area contributed by atoms with E-state index in [4.69, 9.17) is 4.84 Å². The van der Waals surface area contributed by atoms with Crippen molar-refractivity contribution in [2.45, 2.75) is 26.4 Å². The Morgan fingerprint density at radius 2 is 2.03 bits per heavy atom. The molecule has 6 rings (SSSR count). The van der Waals surface area contributed by atoms with Gasteiger partial charge in [0.25, 0.3) is 0 Å². The van der Waals surface area contributed by atoms with Crippen molar-refractivity contribution in [1.82, 2.24) is 39.7 Å². The van der Waals surface area contributed by atoms with Crippen LogP contribution in [0.2, 0.25) is 0 Å². The van der Waals surface area contributed by atoms with Crippen LogP contribution in [0.3, 0.4) is 0 Å². The minimum Gasteiger partial charge on any atom is -0.408 e. The number of hydroxylamine groups is 1. The number of hydrogen-bond acceptors (Lipinski definition) is 8. The van der Waals surface area contributed by atoms with Crippen LogP contribution in [0.1, 0.15) is 31.3 Å². The third-order valence-corrected chi connectivity index (χ3v) is 6.44. The van der Waals surface area contributed by atoms with Crippen molar-refractivity contribution in [3.63, 3.8) is 0 Å². The molecule has 1 aromatic carbocycles. The molecule has 4 aromatic rings.